The summed E-state index contributed by atoms with van der Waals surface area (Å²) in [6.45, 7) is 0.685. The predicted octanol–water partition coefficient (Wildman–Crippen LogP) is 8.27. The van der Waals surface area contributed by atoms with E-state index in [1.807, 2.05) is 0 Å². The van der Waals surface area contributed by atoms with Gasteiger partial charge in [0.05, 0.1) is 0 Å². The van der Waals surface area contributed by atoms with Crippen molar-refractivity contribution < 1.29 is 4.74 Å². The normalized spacial score (nSPS) is 12.4. The Morgan fingerprint density at radius 2 is 0.947 bits per heavy atom. The van der Waals surface area contributed by atoms with Crippen LogP contribution in [0.4, 0.5) is 0 Å². The van der Waals surface area contributed by atoms with Crippen molar-refractivity contribution in [3.63, 3.8) is 0 Å². The molecule has 0 saturated carbocycles. The predicted molar refractivity (Wildman–Crippen MR) is 166 cm³/mol. The van der Waals surface area contributed by atoms with E-state index in [0.717, 1.165) is 46.5 Å². The third kappa shape index (κ3) is 5.41. The summed E-state index contributed by atoms with van der Waals surface area (Å²) in [5, 5.41) is 3.49. The van der Waals surface area contributed by atoms with E-state index < -0.39 is 5.96 Å². The van der Waals surface area contributed by atoms with Crippen molar-refractivity contribution in [3.05, 3.63) is 157 Å². The van der Waals surface area contributed by atoms with Crippen LogP contribution in [0.15, 0.2) is 146 Å². The maximum absolute atomic E-state index is 8.31. The van der Waals surface area contributed by atoms with Crippen LogP contribution in [0.2, 0.25) is 0 Å². The van der Waals surface area contributed by atoms with Gasteiger partial charge in [-0.05, 0) is 0 Å². The van der Waals surface area contributed by atoms with E-state index in [0.29, 0.717) is 12.8 Å². The summed E-state index contributed by atoms with van der Waals surface area (Å²) >= 11 is 8.31. The van der Waals surface area contributed by atoms with Gasteiger partial charge in [-0.1, -0.05) is 0 Å². The van der Waals surface area contributed by atoms with Gasteiger partial charge in [0.25, 0.3) is 0 Å². The van der Waals surface area contributed by atoms with Crippen LogP contribution >= 0.6 is 17.2 Å². The van der Waals surface area contributed by atoms with Crippen molar-refractivity contribution in [1.82, 2.24) is 0 Å². The Kier molecular flexibility index (Phi) is 8.28. The summed E-state index contributed by atoms with van der Waals surface area (Å²) in [5.41, 5.74) is 2.51. The first-order valence-corrected chi connectivity index (χ1v) is 16.7. The zero-order valence-corrected chi connectivity index (χ0v) is 23.3. The average molecular weight is 537 g/mol. The molecule has 38 heavy (non-hydrogen) atoms. The van der Waals surface area contributed by atoms with E-state index in [1.165, 1.54) is 5.56 Å². The monoisotopic (exact) mass is 536 g/mol. The number of hydrogen-bond donors (Lipinski definition) is 0. The molecule has 0 aliphatic rings. The van der Waals surface area contributed by atoms with Crippen molar-refractivity contribution in [2.75, 3.05) is 6.61 Å². The molecule has 0 saturated heterocycles. The number of rotatable bonds is 11. The van der Waals surface area contributed by atoms with Gasteiger partial charge in [0.1, 0.15) is 0 Å². The molecule has 0 fully saturated rings. The van der Waals surface area contributed by atoms with Gasteiger partial charge in [-0.25, -0.2) is 0 Å². The van der Waals surface area contributed by atoms with E-state index in [1.54, 1.807) is 0 Å². The molecule has 0 atom stereocenters. The molecular formula is C35H34ClOP. The van der Waals surface area contributed by atoms with E-state index in [9.17, 15) is 0 Å². The van der Waals surface area contributed by atoms with E-state index in [4.69, 9.17) is 16.0 Å². The average Bonchev–Trinajstić information content (AvgIpc) is 3.00. The molecule has 0 spiro atoms. The summed E-state index contributed by atoms with van der Waals surface area (Å²) in [5.74, 6) is -2.50. The van der Waals surface area contributed by atoms with Crippen molar-refractivity contribution in [3.8, 4) is 5.75 Å². The number of aryl methyl sites for hydroxylation is 1. The quantitative estimate of drug-likeness (QED) is 0.122. The SMILES string of the molecule is ClP(Cc1ccccc1OCCCCc1ccccc1)(c1ccccc1)(c1ccccc1)c1ccccc1. The standard InChI is InChI=1S/C35H34ClOP/c36-38(32-21-7-2-8-22-32,33-23-9-3-10-24-33,34-25-11-4-12-26-34)29-31-20-13-14-27-35(31)37-28-16-15-19-30-17-5-1-6-18-30/h1-14,17-18,20-27H,15-16,19,28-29H2. The Morgan fingerprint density at radius 1 is 0.500 bits per heavy atom. The summed E-state index contributed by atoms with van der Waals surface area (Å²) in [6.07, 6.45) is 3.84. The maximum atomic E-state index is 8.31. The topological polar surface area (TPSA) is 9.23 Å². The van der Waals surface area contributed by atoms with E-state index in [-0.39, 0.29) is 0 Å². The molecule has 1 nitrogen and oxygen atoms in total. The number of halogens is 1. The molecule has 0 aliphatic heterocycles. The zero-order valence-electron chi connectivity index (χ0n) is 21.6. The number of para-hydroxylation sites is 1. The van der Waals surface area contributed by atoms with Crippen LogP contribution in [0.3, 0.4) is 0 Å². The van der Waals surface area contributed by atoms with Gasteiger partial charge >= 0.3 is 232 Å². The van der Waals surface area contributed by atoms with Crippen LogP contribution < -0.4 is 20.7 Å². The molecule has 0 aliphatic carbocycles. The molecule has 0 N–H and O–H groups in total. The Hall–Kier alpha value is -3.38. The van der Waals surface area contributed by atoms with Crippen LogP contribution in [-0.2, 0) is 12.6 Å². The molecule has 5 aromatic rings. The first kappa shape index (κ1) is 26.2. The molecule has 0 bridgehead atoms. The van der Waals surface area contributed by atoms with Crippen molar-refractivity contribution in [1.29, 1.82) is 0 Å². The minimum atomic E-state index is -3.42. The number of hydrogen-bond acceptors (Lipinski definition) is 1. The van der Waals surface area contributed by atoms with Crippen LogP contribution in [0.25, 0.3) is 0 Å². The van der Waals surface area contributed by atoms with E-state index in [2.05, 4.69) is 146 Å². The molecule has 5 rings (SSSR count). The molecule has 192 valence electrons. The molecular weight excluding hydrogens is 503 g/mol. The van der Waals surface area contributed by atoms with Crippen molar-refractivity contribution in [2.45, 2.75) is 25.4 Å². The second kappa shape index (κ2) is 12.0. The van der Waals surface area contributed by atoms with Gasteiger partial charge in [0, 0.05) is 0 Å². The van der Waals surface area contributed by atoms with Gasteiger partial charge in [-0.2, -0.15) is 0 Å². The van der Waals surface area contributed by atoms with Gasteiger partial charge < -0.3 is 0 Å². The molecule has 5 aromatic carbocycles. The Balaban J connectivity index is 1.49. The Morgan fingerprint density at radius 3 is 1.47 bits per heavy atom. The summed E-state index contributed by atoms with van der Waals surface area (Å²) in [7, 11) is 0. The van der Waals surface area contributed by atoms with Crippen molar-refractivity contribution >= 4 is 33.1 Å². The molecule has 3 heteroatoms. The first-order valence-electron chi connectivity index (χ1n) is 13.3. The fourth-order valence-corrected chi connectivity index (χ4v) is 11.4. The van der Waals surface area contributed by atoms with Crippen LogP contribution in [0.1, 0.15) is 24.0 Å². The van der Waals surface area contributed by atoms with Gasteiger partial charge in [-0.15, -0.1) is 0 Å². The Labute approximate surface area is 231 Å². The number of unbranched alkanes of at least 4 members (excludes halogenated alkanes) is 1. The fourth-order valence-electron chi connectivity index (χ4n) is 5.29. The summed E-state index contributed by atoms with van der Waals surface area (Å²) < 4.78 is 6.44. The van der Waals surface area contributed by atoms with Gasteiger partial charge in [-0.3, -0.25) is 0 Å². The second-order valence-corrected chi connectivity index (χ2v) is 16.2. The Bertz CT molecular complexity index is 1320. The third-order valence-corrected chi connectivity index (χ3v) is 14.5. The number of benzene rings is 5. The first-order chi connectivity index (χ1) is 18.7. The van der Waals surface area contributed by atoms with Crippen LogP contribution in [-0.4, -0.2) is 6.61 Å². The third-order valence-electron chi connectivity index (χ3n) is 7.28. The zero-order chi connectivity index (χ0) is 26.1. The summed E-state index contributed by atoms with van der Waals surface area (Å²) in [4.78, 5) is 0. The van der Waals surface area contributed by atoms with Gasteiger partial charge in [0.15, 0.2) is 0 Å². The van der Waals surface area contributed by atoms with Crippen molar-refractivity contribution in [2.24, 2.45) is 0 Å². The summed E-state index contributed by atoms with van der Waals surface area (Å²) in [6, 6.07) is 51.0. The number of ether oxygens (including phenoxy) is 1. The second-order valence-electron chi connectivity index (χ2n) is 9.75. The molecule has 0 unspecified atom stereocenters. The van der Waals surface area contributed by atoms with Gasteiger partial charge in [0.2, 0.25) is 0 Å². The fraction of sp³-hybridized carbons (Fsp3) is 0.143. The molecule has 0 aromatic heterocycles. The molecule has 0 amide bonds. The van der Waals surface area contributed by atoms with Crippen LogP contribution in [0, 0.1) is 0 Å². The minimum absolute atomic E-state index is 0.672. The van der Waals surface area contributed by atoms with E-state index >= 15 is 0 Å². The van der Waals surface area contributed by atoms with Crippen LogP contribution in [0.5, 0.6) is 5.75 Å². The molecule has 0 radical (unpaired) electrons. The molecule has 0 heterocycles.